The second-order valence-corrected chi connectivity index (χ2v) is 6.72. The van der Waals surface area contributed by atoms with Gasteiger partial charge in [0.05, 0.1) is 12.2 Å². The quantitative estimate of drug-likeness (QED) is 0.871. The summed E-state index contributed by atoms with van der Waals surface area (Å²) in [4.78, 5) is 19.0. The van der Waals surface area contributed by atoms with Gasteiger partial charge < -0.3 is 9.13 Å². The molecule has 0 bridgehead atoms. The van der Waals surface area contributed by atoms with Gasteiger partial charge in [0.2, 0.25) is 0 Å². The summed E-state index contributed by atoms with van der Waals surface area (Å²) < 4.78 is 3.83. The van der Waals surface area contributed by atoms with E-state index >= 15 is 0 Å². The third-order valence-electron chi connectivity index (χ3n) is 5.26. The zero-order chi connectivity index (χ0) is 16.6. The Balaban J connectivity index is 1.63. The highest BCUT2D eigenvalue weighted by atomic mass is 16.1. The van der Waals surface area contributed by atoms with E-state index in [4.69, 9.17) is 0 Å². The molecule has 0 unspecified atom stereocenters. The molecular formula is C18H26N4O. The maximum absolute atomic E-state index is 11.8. The van der Waals surface area contributed by atoms with Crippen molar-refractivity contribution in [1.82, 2.24) is 19.0 Å². The van der Waals surface area contributed by atoms with Crippen molar-refractivity contribution < 1.29 is 0 Å². The maximum Gasteiger partial charge on any atom is 0.250 e. The Hall–Kier alpha value is -1.88. The van der Waals surface area contributed by atoms with E-state index in [9.17, 15) is 4.79 Å². The molecule has 0 amide bonds. The Morgan fingerprint density at radius 1 is 1.22 bits per heavy atom. The van der Waals surface area contributed by atoms with E-state index in [2.05, 4.69) is 41.4 Å². The van der Waals surface area contributed by atoms with Crippen molar-refractivity contribution in [2.45, 2.75) is 39.2 Å². The second kappa shape index (κ2) is 6.32. The Kier molecular flexibility index (Phi) is 4.39. The third kappa shape index (κ3) is 3.24. The molecular weight excluding hydrogens is 288 g/mol. The van der Waals surface area contributed by atoms with Crippen LogP contribution in [0.1, 0.15) is 41.5 Å². The monoisotopic (exact) mass is 314 g/mol. The Labute approximate surface area is 137 Å². The van der Waals surface area contributed by atoms with Crippen LogP contribution in [0.2, 0.25) is 0 Å². The van der Waals surface area contributed by atoms with Crippen LogP contribution in [0.3, 0.4) is 0 Å². The molecule has 23 heavy (non-hydrogen) atoms. The predicted molar refractivity (Wildman–Crippen MR) is 91.6 cm³/mol. The minimum absolute atomic E-state index is 0.0869. The lowest BCUT2D eigenvalue weighted by Gasteiger charge is -2.31. The topological polar surface area (TPSA) is 43.1 Å². The molecule has 1 aliphatic rings. The van der Waals surface area contributed by atoms with Gasteiger partial charge in [-0.1, -0.05) is 0 Å². The number of nitrogens with zero attached hydrogens (tertiary/aromatic N) is 4. The SMILES string of the molecule is Cc1nc(CN2CCC(c3ccn(C)c(=O)c3)CC2)n(C)c1C. The zero-order valence-electron chi connectivity index (χ0n) is 14.5. The van der Waals surface area contributed by atoms with Crippen LogP contribution in [-0.4, -0.2) is 32.1 Å². The molecule has 0 N–H and O–H groups in total. The van der Waals surface area contributed by atoms with Crippen LogP contribution in [0.15, 0.2) is 23.1 Å². The summed E-state index contributed by atoms with van der Waals surface area (Å²) in [5.74, 6) is 1.65. The van der Waals surface area contributed by atoms with Crippen molar-refractivity contribution in [2.75, 3.05) is 13.1 Å². The fourth-order valence-electron chi connectivity index (χ4n) is 3.37. The number of aromatic nitrogens is 3. The highest BCUT2D eigenvalue weighted by Gasteiger charge is 2.22. The van der Waals surface area contributed by atoms with E-state index in [-0.39, 0.29) is 5.56 Å². The molecule has 3 heterocycles. The van der Waals surface area contributed by atoms with Gasteiger partial charge in [-0.25, -0.2) is 4.98 Å². The van der Waals surface area contributed by atoms with E-state index in [0.29, 0.717) is 5.92 Å². The Bertz CT molecular complexity index is 751. The average molecular weight is 314 g/mol. The fourth-order valence-corrected chi connectivity index (χ4v) is 3.37. The van der Waals surface area contributed by atoms with Gasteiger partial charge in [0.25, 0.3) is 5.56 Å². The first-order valence-corrected chi connectivity index (χ1v) is 8.33. The van der Waals surface area contributed by atoms with Crippen molar-refractivity contribution in [1.29, 1.82) is 0 Å². The molecule has 1 saturated heterocycles. The number of aryl methyl sites for hydroxylation is 2. The van der Waals surface area contributed by atoms with Crippen LogP contribution in [0.25, 0.3) is 0 Å². The zero-order valence-corrected chi connectivity index (χ0v) is 14.5. The summed E-state index contributed by atoms with van der Waals surface area (Å²) in [5, 5.41) is 0. The lowest BCUT2D eigenvalue weighted by molar-refractivity contribution is 0.198. The second-order valence-electron chi connectivity index (χ2n) is 6.72. The number of hydrogen-bond donors (Lipinski definition) is 0. The number of likely N-dealkylation sites (tertiary alicyclic amines) is 1. The molecule has 0 aliphatic carbocycles. The smallest absolute Gasteiger partial charge is 0.250 e. The molecule has 2 aromatic heterocycles. The van der Waals surface area contributed by atoms with Gasteiger partial charge in [-0.15, -0.1) is 0 Å². The highest BCUT2D eigenvalue weighted by Crippen LogP contribution is 2.27. The van der Waals surface area contributed by atoms with Crippen LogP contribution in [-0.2, 0) is 20.6 Å². The summed E-state index contributed by atoms with van der Waals surface area (Å²) in [6.07, 6.45) is 4.09. The summed E-state index contributed by atoms with van der Waals surface area (Å²) in [5.41, 5.74) is 3.65. The van der Waals surface area contributed by atoms with Crippen molar-refractivity contribution >= 4 is 0 Å². The number of pyridine rings is 1. The van der Waals surface area contributed by atoms with Gasteiger partial charge in [0.15, 0.2) is 0 Å². The van der Waals surface area contributed by atoms with E-state index in [1.165, 1.54) is 11.3 Å². The molecule has 2 aromatic rings. The van der Waals surface area contributed by atoms with Crippen LogP contribution in [0.4, 0.5) is 0 Å². The van der Waals surface area contributed by atoms with Crippen LogP contribution < -0.4 is 5.56 Å². The maximum atomic E-state index is 11.8. The van der Waals surface area contributed by atoms with Gasteiger partial charge in [-0.2, -0.15) is 0 Å². The van der Waals surface area contributed by atoms with E-state index < -0.39 is 0 Å². The molecule has 1 aliphatic heterocycles. The van der Waals surface area contributed by atoms with Crippen molar-refractivity contribution in [3.05, 3.63) is 51.5 Å². The van der Waals surface area contributed by atoms with Crippen molar-refractivity contribution in [3.8, 4) is 0 Å². The molecule has 0 aromatic carbocycles. The summed E-state index contributed by atoms with van der Waals surface area (Å²) >= 11 is 0. The van der Waals surface area contributed by atoms with Gasteiger partial charge in [0, 0.05) is 32.1 Å². The Morgan fingerprint density at radius 2 is 1.91 bits per heavy atom. The highest BCUT2D eigenvalue weighted by molar-refractivity contribution is 5.18. The van der Waals surface area contributed by atoms with Gasteiger partial charge in [-0.3, -0.25) is 9.69 Å². The number of rotatable bonds is 3. The molecule has 5 nitrogen and oxygen atoms in total. The van der Waals surface area contributed by atoms with E-state index in [1.54, 1.807) is 17.7 Å². The molecule has 3 rings (SSSR count). The summed E-state index contributed by atoms with van der Waals surface area (Å²) in [7, 11) is 3.89. The van der Waals surface area contributed by atoms with Crippen LogP contribution in [0, 0.1) is 13.8 Å². The first-order chi connectivity index (χ1) is 11.0. The molecule has 0 radical (unpaired) electrons. The van der Waals surface area contributed by atoms with Crippen molar-refractivity contribution in [2.24, 2.45) is 14.1 Å². The van der Waals surface area contributed by atoms with Crippen LogP contribution >= 0.6 is 0 Å². The normalized spacial score (nSPS) is 16.9. The standard InChI is InChI=1S/C18H26N4O/c1-13-14(2)21(4)17(19-13)12-22-9-6-15(7-10-22)16-5-8-20(3)18(23)11-16/h5,8,11,15H,6-7,9-10,12H2,1-4H3. The third-order valence-corrected chi connectivity index (χ3v) is 5.26. The Morgan fingerprint density at radius 3 is 2.48 bits per heavy atom. The van der Waals surface area contributed by atoms with E-state index in [0.717, 1.165) is 44.0 Å². The van der Waals surface area contributed by atoms with Gasteiger partial charge in [-0.05, 0) is 57.3 Å². The lowest BCUT2D eigenvalue weighted by atomic mass is 9.90. The fraction of sp³-hybridized carbons (Fsp3) is 0.556. The minimum atomic E-state index is 0.0869. The molecule has 5 heteroatoms. The number of piperidine rings is 1. The van der Waals surface area contributed by atoms with Crippen molar-refractivity contribution in [3.63, 3.8) is 0 Å². The van der Waals surface area contributed by atoms with Gasteiger partial charge in [0.1, 0.15) is 5.82 Å². The first-order valence-electron chi connectivity index (χ1n) is 8.33. The lowest BCUT2D eigenvalue weighted by Crippen LogP contribution is -2.33. The molecule has 1 fully saturated rings. The molecule has 0 saturated carbocycles. The summed E-state index contributed by atoms with van der Waals surface area (Å²) in [6, 6.07) is 3.89. The average Bonchev–Trinajstić information content (AvgIpc) is 2.78. The number of hydrogen-bond acceptors (Lipinski definition) is 3. The number of imidazole rings is 1. The van der Waals surface area contributed by atoms with E-state index in [1.807, 2.05) is 6.20 Å². The largest absolute Gasteiger partial charge is 0.334 e. The van der Waals surface area contributed by atoms with Crippen LogP contribution in [0.5, 0.6) is 0 Å². The first kappa shape index (κ1) is 16.0. The minimum Gasteiger partial charge on any atom is -0.334 e. The molecule has 0 spiro atoms. The summed E-state index contributed by atoms with van der Waals surface area (Å²) in [6.45, 7) is 7.22. The van der Waals surface area contributed by atoms with Gasteiger partial charge >= 0.3 is 0 Å². The predicted octanol–water partition coefficient (Wildman–Crippen LogP) is 2.12. The molecule has 124 valence electrons. The molecule has 0 atom stereocenters.